The molecule has 1 aromatic rings. The molecule has 122 valence electrons. The third kappa shape index (κ3) is 4.19. The van der Waals surface area contributed by atoms with Gasteiger partial charge < -0.3 is 15.8 Å². The van der Waals surface area contributed by atoms with E-state index in [9.17, 15) is 9.18 Å². The Balaban J connectivity index is 1.84. The zero-order chi connectivity index (χ0) is 16.2. The van der Waals surface area contributed by atoms with Gasteiger partial charge in [-0.25, -0.2) is 4.39 Å². The van der Waals surface area contributed by atoms with Crippen molar-refractivity contribution in [2.45, 2.75) is 51.2 Å². The Morgan fingerprint density at radius 3 is 2.91 bits per heavy atom. The van der Waals surface area contributed by atoms with Crippen molar-refractivity contribution < 1.29 is 13.9 Å². The van der Waals surface area contributed by atoms with Crippen LogP contribution >= 0.6 is 0 Å². The molecule has 5 heteroatoms. The number of nitrogens with one attached hydrogen (secondary N) is 1. The number of nitrogens with two attached hydrogens (primary N) is 1. The fraction of sp³-hybridized carbons (Fsp3) is 0.588. The Bertz CT molecular complexity index is 519. The molecule has 3 N–H and O–H groups in total. The molecular formula is C17H25FN2O2. The maximum Gasteiger partial charge on any atom is 0.225 e. The number of ether oxygens (including phenoxy) is 1. The van der Waals surface area contributed by atoms with Gasteiger partial charge in [-0.15, -0.1) is 0 Å². The molecule has 2 rings (SSSR count). The molecule has 22 heavy (non-hydrogen) atoms. The van der Waals surface area contributed by atoms with Crippen LogP contribution in [0.2, 0.25) is 0 Å². The van der Waals surface area contributed by atoms with Crippen LogP contribution in [0.1, 0.15) is 39.5 Å². The van der Waals surface area contributed by atoms with Crippen LogP contribution < -0.4 is 15.8 Å². The van der Waals surface area contributed by atoms with E-state index in [0.717, 1.165) is 25.7 Å². The van der Waals surface area contributed by atoms with Gasteiger partial charge in [0.25, 0.3) is 0 Å². The molecule has 0 spiro atoms. The standard InChI is InChI=1S/C17H25FN2O2/c1-12(22-15-9-4-3-8-14(15)18)11-20-16(21)13-7-5-6-10-17(13,2)19/h3-4,8-9,12-13H,5-7,10-11,19H2,1-2H3,(H,20,21). The molecule has 1 fully saturated rings. The second-order valence-corrected chi connectivity index (χ2v) is 6.41. The van der Waals surface area contributed by atoms with Gasteiger partial charge in [-0.3, -0.25) is 4.79 Å². The number of rotatable bonds is 5. The number of para-hydroxylation sites is 1. The van der Waals surface area contributed by atoms with Crippen molar-refractivity contribution in [1.82, 2.24) is 5.32 Å². The minimum absolute atomic E-state index is 0.0336. The summed E-state index contributed by atoms with van der Waals surface area (Å²) in [7, 11) is 0. The zero-order valence-electron chi connectivity index (χ0n) is 13.3. The fourth-order valence-corrected chi connectivity index (χ4v) is 2.96. The largest absolute Gasteiger partial charge is 0.486 e. The van der Waals surface area contributed by atoms with Gasteiger partial charge in [-0.2, -0.15) is 0 Å². The summed E-state index contributed by atoms with van der Waals surface area (Å²) in [6.07, 6.45) is 3.48. The highest BCUT2D eigenvalue weighted by atomic mass is 19.1. The minimum atomic E-state index is -0.446. The highest BCUT2D eigenvalue weighted by molar-refractivity contribution is 5.80. The summed E-state index contributed by atoms with van der Waals surface area (Å²) in [5, 5.41) is 2.88. The second kappa shape index (κ2) is 7.09. The highest BCUT2D eigenvalue weighted by Crippen LogP contribution is 2.31. The van der Waals surface area contributed by atoms with Gasteiger partial charge in [0, 0.05) is 5.54 Å². The van der Waals surface area contributed by atoms with Crippen LogP contribution in [0.15, 0.2) is 24.3 Å². The van der Waals surface area contributed by atoms with Gasteiger partial charge in [-0.05, 0) is 38.8 Å². The lowest BCUT2D eigenvalue weighted by Crippen LogP contribution is -2.53. The molecule has 0 bridgehead atoms. The van der Waals surface area contributed by atoms with Crippen molar-refractivity contribution in [3.05, 3.63) is 30.1 Å². The molecular weight excluding hydrogens is 283 g/mol. The Morgan fingerprint density at radius 1 is 1.50 bits per heavy atom. The topological polar surface area (TPSA) is 64.4 Å². The van der Waals surface area contributed by atoms with Gasteiger partial charge >= 0.3 is 0 Å². The summed E-state index contributed by atoms with van der Waals surface area (Å²) in [5.41, 5.74) is 5.78. The number of carbonyl (C=O) groups is 1. The summed E-state index contributed by atoms with van der Waals surface area (Å²) in [4.78, 5) is 12.3. The van der Waals surface area contributed by atoms with Crippen molar-refractivity contribution in [2.24, 2.45) is 11.7 Å². The third-order valence-electron chi connectivity index (χ3n) is 4.30. The summed E-state index contributed by atoms with van der Waals surface area (Å²) in [6.45, 7) is 4.07. The lowest BCUT2D eigenvalue weighted by molar-refractivity contribution is -0.128. The van der Waals surface area contributed by atoms with Gasteiger partial charge in [0.2, 0.25) is 5.91 Å². The van der Waals surface area contributed by atoms with E-state index in [1.54, 1.807) is 25.1 Å². The molecule has 3 unspecified atom stereocenters. The first-order valence-electron chi connectivity index (χ1n) is 7.88. The monoisotopic (exact) mass is 308 g/mol. The highest BCUT2D eigenvalue weighted by Gasteiger charge is 2.37. The Morgan fingerprint density at radius 2 is 2.23 bits per heavy atom. The summed E-state index contributed by atoms with van der Waals surface area (Å²) in [5.74, 6) is -0.399. The Labute approximate surface area is 131 Å². The maximum atomic E-state index is 13.5. The van der Waals surface area contributed by atoms with E-state index < -0.39 is 11.4 Å². The van der Waals surface area contributed by atoms with Gasteiger partial charge in [0.1, 0.15) is 6.10 Å². The van der Waals surface area contributed by atoms with Crippen LogP contribution in [0.25, 0.3) is 0 Å². The van der Waals surface area contributed by atoms with Gasteiger partial charge in [-0.1, -0.05) is 25.0 Å². The zero-order valence-corrected chi connectivity index (χ0v) is 13.3. The molecule has 0 aromatic heterocycles. The molecule has 0 heterocycles. The van der Waals surface area contributed by atoms with Crippen LogP contribution in [-0.4, -0.2) is 24.1 Å². The predicted octanol–water partition coefficient (Wildman–Crippen LogP) is 2.62. The predicted molar refractivity (Wildman–Crippen MR) is 84.1 cm³/mol. The first-order valence-corrected chi connectivity index (χ1v) is 7.88. The van der Waals surface area contributed by atoms with Crippen LogP contribution in [-0.2, 0) is 4.79 Å². The minimum Gasteiger partial charge on any atom is -0.486 e. The SMILES string of the molecule is CC(CNC(=O)C1CCCCC1(C)N)Oc1ccccc1F. The molecule has 1 aliphatic carbocycles. The molecule has 0 radical (unpaired) electrons. The van der Waals surface area contributed by atoms with Gasteiger partial charge in [0.15, 0.2) is 11.6 Å². The molecule has 3 atom stereocenters. The number of halogens is 1. The molecule has 4 nitrogen and oxygen atoms in total. The van der Waals surface area contributed by atoms with Crippen molar-refractivity contribution in [3.63, 3.8) is 0 Å². The summed E-state index contributed by atoms with van der Waals surface area (Å²) in [6, 6.07) is 6.25. The average Bonchev–Trinajstić information content (AvgIpc) is 2.47. The van der Waals surface area contributed by atoms with E-state index in [1.807, 2.05) is 6.92 Å². The van der Waals surface area contributed by atoms with E-state index in [0.29, 0.717) is 6.54 Å². The van der Waals surface area contributed by atoms with Crippen molar-refractivity contribution in [3.8, 4) is 5.75 Å². The van der Waals surface area contributed by atoms with E-state index in [1.165, 1.54) is 6.07 Å². The Hall–Kier alpha value is -1.62. The first kappa shape index (κ1) is 16.7. The average molecular weight is 308 g/mol. The van der Waals surface area contributed by atoms with Crippen LogP contribution in [0.4, 0.5) is 4.39 Å². The number of carbonyl (C=O) groups excluding carboxylic acids is 1. The van der Waals surface area contributed by atoms with Crippen molar-refractivity contribution >= 4 is 5.91 Å². The number of benzene rings is 1. The van der Waals surface area contributed by atoms with Crippen LogP contribution in [0.5, 0.6) is 5.75 Å². The maximum absolute atomic E-state index is 13.5. The van der Waals surface area contributed by atoms with Crippen LogP contribution in [0.3, 0.4) is 0 Å². The van der Waals surface area contributed by atoms with Crippen molar-refractivity contribution in [1.29, 1.82) is 0 Å². The summed E-state index contributed by atoms with van der Waals surface area (Å²) >= 11 is 0. The summed E-state index contributed by atoms with van der Waals surface area (Å²) < 4.78 is 19.0. The molecule has 0 saturated heterocycles. The smallest absolute Gasteiger partial charge is 0.225 e. The van der Waals surface area contributed by atoms with E-state index in [4.69, 9.17) is 10.5 Å². The lowest BCUT2D eigenvalue weighted by atomic mass is 9.74. The quantitative estimate of drug-likeness (QED) is 0.879. The van der Waals surface area contributed by atoms with Crippen molar-refractivity contribution in [2.75, 3.05) is 6.54 Å². The first-order chi connectivity index (χ1) is 10.4. The van der Waals surface area contributed by atoms with E-state index >= 15 is 0 Å². The van der Waals surface area contributed by atoms with Gasteiger partial charge in [0.05, 0.1) is 12.5 Å². The number of hydrogen-bond acceptors (Lipinski definition) is 3. The fourth-order valence-electron chi connectivity index (χ4n) is 2.96. The molecule has 1 saturated carbocycles. The number of amides is 1. The second-order valence-electron chi connectivity index (χ2n) is 6.41. The van der Waals surface area contributed by atoms with E-state index in [2.05, 4.69) is 5.32 Å². The lowest BCUT2D eigenvalue weighted by Gasteiger charge is -2.37. The molecule has 1 aliphatic rings. The molecule has 1 aromatic carbocycles. The number of hydrogen-bond donors (Lipinski definition) is 2. The molecule has 1 amide bonds. The normalized spacial score (nSPS) is 26.3. The van der Waals surface area contributed by atoms with E-state index in [-0.39, 0.29) is 23.7 Å². The third-order valence-corrected chi connectivity index (χ3v) is 4.30. The molecule has 0 aliphatic heterocycles. The van der Waals surface area contributed by atoms with Crippen LogP contribution in [0, 0.1) is 11.7 Å². The Kier molecular flexibility index (Phi) is 5.40.